The summed E-state index contributed by atoms with van der Waals surface area (Å²) in [6.45, 7) is 4.75. The Kier molecular flexibility index (Phi) is 5.41. The third-order valence-electron chi connectivity index (χ3n) is 1.73. The number of amides is 1. The molecular formula is C7H15ClN4O. The highest BCUT2D eigenvalue weighted by Gasteiger charge is 2.12. The van der Waals surface area contributed by atoms with Crippen LogP contribution in [0.25, 0.3) is 0 Å². The molecule has 0 aromatic carbocycles. The van der Waals surface area contributed by atoms with Crippen molar-refractivity contribution in [3.05, 3.63) is 0 Å². The van der Waals surface area contributed by atoms with E-state index in [0.29, 0.717) is 0 Å². The van der Waals surface area contributed by atoms with Gasteiger partial charge in [-0.1, -0.05) is 0 Å². The van der Waals surface area contributed by atoms with E-state index in [1.165, 1.54) is 6.92 Å². The molecule has 1 saturated heterocycles. The molecule has 0 saturated carbocycles. The highest BCUT2D eigenvalue weighted by atomic mass is 35.5. The zero-order chi connectivity index (χ0) is 8.97. The number of piperazine rings is 1. The Morgan fingerprint density at radius 1 is 1.46 bits per heavy atom. The van der Waals surface area contributed by atoms with Crippen LogP contribution in [0.1, 0.15) is 6.92 Å². The Labute approximate surface area is 83.8 Å². The van der Waals surface area contributed by atoms with Crippen molar-refractivity contribution in [3.8, 4) is 0 Å². The van der Waals surface area contributed by atoms with E-state index in [1.54, 1.807) is 0 Å². The van der Waals surface area contributed by atoms with E-state index in [-0.39, 0.29) is 24.3 Å². The molecule has 1 rings (SSSR count). The largest absolute Gasteiger partial charge is 0.340 e. The lowest BCUT2D eigenvalue weighted by molar-refractivity contribution is -0.117. The van der Waals surface area contributed by atoms with Crippen LogP contribution < -0.4 is 10.6 Å². The van der Waals surface area contributed by atoms with Crippen molar-refractivity contribution in [3.63, 3.8) is 0 Å². The Balaban J connectivity index is 0.00000144. The van der Waals surface area contributed by atoms with Crippen LogP contribution in [0.15, 0.2) is 0 Å². The quantitative estimate of drug-likeness (QED) is 0.366. The molecular weight excluding hydrogens is 192 g/mol. The van der Waals surface area contributed by atoms with Crippen LogP contribution in [-0.4, -0.2) is 42.9 Å². The minimum atomic E-state index is -0.182. The molecule has 0 aromatic heterocycles. The van der Waals surface area contributed by atoms with Gasteiger partial charge < -0.3 is 10.2 Å². The molecule has 3 N–H and O–H groups in total. The SMILES string of the molecule is CC(=O)NC(=N)N1CCNCC1.Cl. The summed E-state index contributed by atoms with van der Waals surface area (Å²) in [5.74, 6) is 0.0301. The molecule has 1 fully saturated rings. The molecule has 0 bridgehead atoms. The summed E-state index contributed by atoms with van der Waals surface area (Å²) in [6.07, 6.45) is 0. The number of carbonyl (C=O) groups is 1. The summed E-state index contributed by atoms with van der Waals surface area (Å²) in [5, 5.41) is 13.1. The van der Waals surface area contributed by atoms with Gasteiger partial charge in [-0.2, -0.15) is 0 Å². The third-order valence-corrected chi connectivity index (χ3v) is 1.73. The molecule has 1 heterocycles. The van der Waals surface area contributed by atoms with Crippen LogP contribution in [-0.2, 0) is 4.79 Å². The topological polar surface area (TPSA) is 68.2 Å². The molecule has 13 heavy (non-hydrogen) atoms. The average Bonchev–Trinajstić information content (AvgIpc) is 2.05. The summed E-state index contributed by atoms with van der Waals surface area (Å²) in [6, 6.07) is 0. The smallest absolute Gasteiger partial charge is 0.223 e. The lowest BCUT2D eigenvalue weighted by Crippen LogP contribution is -2.51. The first-order valence-corrected chi connectivity index (χ1v) is 4.02. The molecule has 0 atom stereocenters. The lowest BCUT2D eigenvalue weighted by Gasteiger charge is -2.29. The average molecular weight is 207 g/mol. The van der Waals surface area contributed by atoms with Gasteiger partial charge in [0.2, 0.25) is 5.91 Å². The molecule has 1 aliphatic rings. The fourth-order valence-corrected chi connectivity index (χ4v) is 1.13. The van der Waals surface area contributed by atoms with Gasteiger partial charge in [0.15, 0.2) is 5.96 Å². The van der Waals surface area contributed by atoms with Crippen LogP contribution in [0.3, 0.4) is 0 Å². The zero-order valence-electron chi connectivity index (χ0n) is 7.59. The fourth-order valence-electron chi connectivity index (χ4n) is 1.13. The molecule has 0 unspecified atom stereocenters. The predicted octanol–water partition coefficient (Wildman–Crippen LogP) is -0.616. The molecule has 6 heteroatoms. The second-order valence-electron chi connectivity index (χ2n) is 2.77. The maximum Gasteiger partial charge on any atom is 0.223 e. The van der Waals surface area contributed by atoms with Crippen molar-refractivity contribution in [2.45, 2.75) is 6.92 Å². The van der Waals surface area contributed by atoms with Crippen LogP contribution in [0, 0.1) is 5.41 Å². The first kappa shape index (κ1) is 12.2. The maximum atomic E-state index is 10.6. The molecule has 0 spiro atoms. The van der Waals surface area contributed by atoms with Crippen molar-refractivity contribution in [1.82, 2.24) is 15.5 Å². The molecule has 76 valence electrons. The minimum Gasteiger partial charge on any atom is -0.340 e. The molecule has 5 nitrogen and oxygen atoms in total. The van der Waals surface area contributed by atoms with Gasteiger partial charge in [0.25, 0.3) is 0 Å². The molecule has 0 aromatic rings. The van der Waals surface area contributed by atoms with E-state index >= 15 is 0 Å². The number of halogens is 1. The van der Waals surface area contributed by atoms with E-state index in [0.717, 1.165) is 26.2 Å². The Morgan fingerprint density at radius 2 is 2.00 bits per heavy atom. The van der Waals surface area contributed by atoms with Gasteiger partial charge in [0.1, 0.15) is 0 Å². The summed E-state index contributed by atoms with van der Waals surface area (Å²) in [5.41, 5.74) is 0. The summed E-state index contributed by atoms with van der Waals surface area (Å²) in [4.78, 5) is 12.4. The lowest BCUT2D eigenvalue weighted by atomic mass is 10.4. The standard InChI is InChI=1S/C7H14N4O.ClH/c1-6(12)10-7(8)11-4-2-9-3-5-11;/h9H,2-5H2,1H3,(H2,8,10,12);1H. The Morgan fingerprint density at radius 3 is 2.46 bits per heavy atom. The number of hydrogen-bond donors (Lipinski definition) is 3. The van der Waals surface area contributed by atoms with E-state index < -0.39 is 0 Å². The highest BCUT2D eigenvalue weighted by molar-refractivity contribution is 5.94. The summed E-state index contributed by atoms with van der Waals surface area (Å²) < 4.78 is 0. The summed E-state index contributed by atoms with van der Waals surface area (Å²) >= 11 is 0. The van der Waals surface area contributed by atoms with Gasteiger partial charge in [-0.05, 0) is 0 Å². The number of hydrogen-bond acceptors (Lipinski definition) is 3. The maximum absolute atomic E-state index is 10.6. The van der Waals surface area contributed by atoms with Gasteiger partial charge in [0, 0.05) is 33.1 Å². The molecule has 0 radical (unpaired) electrons. The molecule has 0 aliphatic carbocycles. The van der Waals surface area contributed by atoms with Crippen molar-refractivity contribution < 1.29 is 4.79 Å². The number of rotatable bonds is 0. The number of carbonyl (C=O) groups excluding carboxylic acids is 1. The first-order chi connectivity index (χ1) is 5.70. The van der Waals surface area contributed by atoms with Crippen LogP contribution in [0.2, 0.25) is 0 Å². The van der Waals surface area contributed by atoms with Gasteiger partial charge in [0.05, 0.1) is 0 Å². The number of guanidine groups is 1. The zero-order valence-corrected chi connectivity index (χ0v) is 8.41. The van der Waals surface area contributed by atoms with Gasteiger partial charge in [-0.3, -0.25) is 15.5 Å². The summed E-state index contributed by atoms with van der Waals surface area (Å²) in [7, 11) is 0. The normalized spacial score (nSPS) is 15.9. The number of nitrogens with zero attached hydrogens (tertiary/aromatic N) is 1. The first-order valence-electron chi connectivity index (χ1n) is 4.02. The van der Waals surface area contributed by atoms with Crippen molar-refractivity contribution >= 4 is 24.3 Å². The monoisotopic (exact) mass is 206 g/mol. The van der Waals surface area contributed by atoms with E-state index in [4.69, 9.17) is 5.41 Å². The fraction of sp³-hybridized carbons (Fsp3) is 0.714. The predicted molar refractivity (Wildman–Crippen MR) is 53.2 cm³/mol. The second kappa shape index (κ2) is 5.77. The molecule has 1 aliphatic heterocycles. The molecule has 1 amide bonds. The van der Waals surface area contributed by atoms with E-state index in [9.17, 15) is 4.79 Å². The Bertz CT molecular complexity index is 191. The van der Waals surface area contributed by atoms with E-state index in [1.807, 2.05) is 4.90 Å². The van der Waals surface area contributed by atoms with Crippen LogP contribution in [0.4, 0.5) is 0 Å². The second-order valence-corrected chi connectivity index (χ2v) is 2.77. The minimum absolute atomic E-state index is 0. The van der Waals surface area contributed by atoms with Crippen molar-refractivity contribution in [2.75, 3.05) is 26.2 Å². The van der Waals surface area contributed by atoms with Crippen molar-refractivity contribution in [2.24, 2.45) is 0 Å². The van der Waals surface area contributed by atoms with Crippen LogP contribution >= 0.6 is 12.4 Å². The van der Waals surface area contributed by atoms with Crippen LogP contribution in [0.5, 0.6) is 0 Å². The van der Waals surface area contributed by atoms with Crippen molar-refractivity contribution in [1.29, 1.82) is 5.41 Å². The Hall–Kier alpha value is -0.810. The van der Waals surface area contributed by atoms with E-state index in [2.05, 4.69) is 10.6 Å². The van der Waals surface area contributed by atoms with Gasteiger partial charge in [-0.25, -0.2) is 0 Å². The van der Waals surface area contributed by atoms with Gasteiger partial charge >= 0.3 is 0 Å². The highest BCUT2D eigenvalue weighted by Crippen LogP contribution is 1.90. The third kappa shape index (κ3) is 4.10. The van der Waals surface area contributed by atoms with Gasteiger partial charge in [-0.15, -0.1) is 12.4 Å². The number of nitrogens with one attached hydrogen (secondary N) is 3.